The Hall–Kier alpha value is -0.860. The second kappa shape index (κ2) is 3.90. The quantitative estimate of drug-likeness (QED) is 0.739. The molecule has 0 unspecified atom stereocenters. The Kier molecular flexibility index (Phi) is 2.62. The van der Waals surface area contributed by atoms with Gasteiger partial charge in [0, 0.05) is 22.5 Å². The molecule has 0 N–H and O–H groups in total. The largest absolute Gasteiger partial charge is 0.253 e. The van der Waals surface area contributed by atoms with Gasteiger partial charge in [-0.15, -0.1) is 11.3 Å². The number of nitrogens with zero attached hydrogens (tertiary/aromatic N) is 1. The van der Waals surface area contributed by atoms with E-state index in [4.69, 9.17) is 11.6 Å². The molecule has 0 radical (unpaired) electrons. The molecule has 0 amide bonds. The van der Waals surface area contributed by atoms with E-state index in [-0.39, 0.29) is 0 Å². The number of halogens is 1. The van der Waals surface area contributed by atoms with Crippen LogP contribution in [0.5, 0.6) is 0 Å². The van der Waals surface area contributed by atoms with Gasteiger partial charge in [0.05, 0.1) is 5.51 Å². The molecule has 0 saturated carbocycles. The minimum Gasteiger partial charge on any atom is -0.253 e. The number of hydrogen-bond acceptors (Lipinski definition) is 2. The zero-order valence-electron chi connectivity index (χ0n) is 6.90. The first-order valence-electron chi connectivity index (χ1n) is 3.96. The minimum absolute atomic E-state index is 0.794. The van der Waals surface area contributed by atoms with Crippen molar-refractivity contribution in [2.24, 2.45) is 0 Å². The molecule has 1 nitrogen and oxygen atoms in total. The van der Waals surface area contributed by atoms with Crippen LogP contribution in [0.2, 0.25) is 5.02 Å². The lowest BCUT2D eigenvalue weighted by Gasteiger charge is -1.97. The lowest BCUT2D eigenvalue weighted by atomic mass is 10.1. The molecule has 0 bridgehead atoms. The second-order valence-electron chi connectivity index (χ2n) is 2.77. The van der Waals surface area contributed by atoms with Crippen LogP contribution in [0.1, 0.15) is 10.4 Å². The molecule has 1 aromatic carbocycles. The predicted molar refractivity (Wildman–Crippen MR) is 56.4 cm³/mol. The van der Waals surface area contributed by atoms with E-state index in [1.807, 2.05) is 29.9 Å². The maximum absolute atomic E-state index is 5.87. The fourth-order valence-corrected chi connectivity index (χ4v) is 2.02. The topological polar surface area (TPSA) is 12.9 Å². The first kappa shape index (κ1) is 8.73. The lowest BCUT2D eigenvalue weighted by Crippen LogP contribution is -1.83. The van der Waals surface area contributed by atoms with Crippen molar-refractivity contribution in [3.8, 4) is 0 Å². The van der Waals surface area contributed by atoms with E-state index in [1.54, 1.807) is 11.3 Å². The third kappa shape index (κ3) is 2.29. The summed E-state index contributed by atoms with van der Waals surface area (Å²) in [6.07, 6.45) is 2.82. The summed E-state index contributed by atoms with van der Waals surface area (Å²) in [5.74, 6) is 0. The van der Waals surface area contributed by atoms with Crippen molar-refractivity contribution in [2.45, 2.75) is 6.42 Å². The number of benzene rings is 1. The highest BCUT2D eigenvalue weighted by Crippen LogP contribution is 2.16. The Bertz CT molecular complexity index is 384. The predicted octanol–water partition coefficient (Wildman–Crippen LogP) is 3.39. The number of hydrogen-bond donors (Lipinski definition) is 0. The van der Waals surface area contributed by atoms with Crippen LogP contribution < -0.4 is 0 Å². The van der Waals surface area contributed by atoms with E-state index in [9.17, 15) is 0 Å². The summed E-state index contributed by atoms with van der Waals surface area (Å²) in [5, 5.41) is 0.794. The molecular weight excluding hydrogens is 202 g/mol. The second-order valence-corrected chi connectivity index (χ2v) is 4.18. The monoisotopic (exact) mass is 209 g/mol. The van der Waals surface area contributed by atoms with Crippen LogP contribution in [0.25, 0.3) is 0 Å². The highest BCUT2D eigenvalue weighted by Gasteiger charge is 1.97. The molecule has 13 heavy (non-hydrogen) atoms. The fraction of sp³-hybridized carbons (Fsp3) is 0.100. The van der Waals surface area contributed by atoms with Crippen molar-refractivity contribution >= 4 is 22.9 Å². The van der Waals surface area contributed by atoms with Crippen molar-refractivity contribution in [3.05, 3.63) is 51.4 Å². The Morgan fingerprint density at radius 2 is 2.31 bits per heavy atom. The maximum Gasteiger partial charge on any atom is 0.0794 e. The highest BCUT2D eigenvalue weighted by atomic mass is 35.5. The zero-order chi connectivity index (χ0) is 9.10. The van der Waals surface area contributed by atoms with Gasteiger partial charge in [0.15, 0.2) is 0 Å². The van der Waals surface area contributed by atoms with Crippen LogP contribution >= 0.6 is 22.9 Å². The molecule has 0 aliphatic rings. The van der Waals surface area contributed by atoms with Gasteiger partial charge >= 0.3 is 0 Å². The van der Waals surface area contributed by atoms with Crippen molar-refractivity contribution in [2.75, 3.05) is 0 Å². The summed E-state index contributed by atoms with van der Waals surface area (Å²) in [6, 6.07) is 7.92. The Balaban J connectivity index is 2.19. The summed E-state index contributed by atoms with van der Waals surface area (Å²) >= 11 is 7.54. The van der Waals surface area contributed by atoms with Crippen LogP contribution in [-0.4, -0.2) is 4.98 Å². The maximum atomic E-state index is 5.87. The van der Waals surface area contributed by atoms with E-state index in [2.05, 4.69) is 11.1 Å². The van der Waals surface area contributed by atoms with E-state index < -0.39 is 0 Å². The Labute approximate surface area is 86.0 Å². The van der Waals surface area contributed by atoms with Crippen LogP contribution in [0.4, 0.5) is 0 Å². The van der Waals surface area contributed by atoms with Gasteiger partial charge in [0.1, 0.15) is 0 Å². The number of thiazole rings is 1. The first-order valence-corrected chi connectivity index (χ1v) is 5.22. The molecule has 1 aromatic heterocycles. The molecular formula is C10H8ClNS. The van der Waals surface area contributed by atoms with E-state index >= 15 is 0 Å². The van der Waals surface area contributed by atoms with Gasteiger partial charge in [-0.25, -0.2) is 0 Å². The zero-order valence-corrected chi connectivity index (χ0v) is 8.48. The summed E-state index contributed by atoms with van der Waals surface area (Å²) in [4.78, 5) is 5.29. The number of aromatic nitrogens is 1. The minimum atomic E-state index is 0.794. The van der Waals surface area contributed by atoms with Crippen molar-refractivity contribution in [1.82, 2.24) is 4.98 Å². The van der Waals surface area contributed by atoms with Gasteiger partial charge in [0.2, 0.25) is 0 Å². The molecule has 66 valence electrons. The van der Waals surface area contributed by atoms with E-state index in [1.165, 1.54) is 10.4 Å². The average Bonchev–Trinajstić information content (AvgIpc) is 2.57. The van der Waals surface area contributed by atoms with E-state index in [0.29, 0.717) is 0 Å². The van der Waals surface area contributed by atoms with Crippen LogP contribution in [-0.2, 0) is 6.42 Å². The molecule has 2 aromatic rings. The molecule has 0 fully saturated rings. The van der Waals surface area contributed by atoms with Gasteiger partial charge in [-0.2, -0.15) is 0 Å². The van der Waals surface area contributed by atoms with Crippen molar-refractivity contribution in [1.29, 1.82) is 0 Å². The smallest absolute Gasteiger partial charge is 0.0794 e. The average molecular weight is 210 g/mol. The first-order chi connectivity index (χ1) is 6.34. The molecule has 0 aliphatic heterocycles. The van der Waals surface area contributed by atoms with Crippen LogP contribution in [0, 0.1) is 0 Å². The van der Waals surface area contributed by atoms with Crippen LogP contribution in [0.15, 0.2) is 36.0 Å². The summed E-state index contributed by atoms with van der Waals surface area (Å²) < 4.78 is 0. The molecule has 0 saturated heterocycles. The third-order valence-corrected chi connectivity index (χ3v) is 2.77. The number of rotatable bonds is 2. The molecule has 2 rings (SSSR count). The summed E-state index contributed by atoms with van der Waals surface area (Å²) in [5.41, 5.74) is 3.08. The normalized spacial score (nSPS) is 10.2. The Morgan fingerprint density at radius 1 is 1.38 bits per heavy atom. The Morgan fingerprint density at radius 3 is 3.00 bits per heavy atom. The summed E-state index contributed by atoms with van der Waals surface area (Å²) in [7, 11) is 0. The SMILES string of the molecule is Clc1cccc(Cc2cncs2)c1. The molecule has 0 atom stereocenters. The lowest BCUT2D eigenvalue weighted by molar-refractivity contribution is 1.22. The van der Waals surface area contributed by atoms with Gasteiger partial charge in [-0.3, -0.25) is 4.98 Å². The molecule has 1 heterocycles. The van der Waals surface area contributed by atoms with Gasteiger partial charge in [0.25, 0.3) is 0 Å². The fourth-order valence-electron chi connectivity index (χ4n) is 1.18. The van der Waals surface area contributed by atoms with E-state index in [0.717, 1.165) is 11.4 Å². The molecule has 0 aliphatic carbocycles. The van der Waals surface area contributed by atoms with Crippen LogP contribution in [0.3, 0.4) is 0 Å². The van der Waals surface area contributed by atoms with Gasteiger partial charge in [-0.05, 0) is 17.7 Å². The third-order valence-electron chi connectivity index (χ3n) is 1.75. The van der Waals surface area contributed by atoms with Crippen molar-refractivity contribution < 1.29 is 0 Å². The highest BCUT2D eigenvalue weighted by molar-refractivity contribution is 7.09. The molecule has 3 heteroatoms. The van der Waals surface area contributed by atoms with Crippen molar-refractivity contribution in [3.63, 3.8) is 0 Å². The standard InChI is InChI=1S/C10H8ClNS/c11-9-3-1-2-8(4-9)5-10-6-12-7-13-10/h1-4,6-7H,5H2. The molecule has 0 spiro atoms. The van der Waals surface area contributed by atoms with Gasteiger partial charge in [-0.1, -0.05) is 23.7 Å². The van der Waals surface area contributed by atoms with Gasteiger partial charge < -0.3 is 0 Å². The summed E-state index contributed by atoms with van der Waals surface area (Å²) in [6.45, 7) is 0.